The van der Waals surface area contributed by atoms with E-state index in [9.17, 15) is 5.26 Å². The highest BCUT2D eigenvalue weighted by atomic mass is 15.3. The minimum Gasteiger partial charge on any atom is -0.283 e. The first kappa shape index (κ1) is 13.0. The number of hydrogen-bond acceptors (Lipinski definition) is 3. The quantitative estimate of drug-likeness (QED) is 0.529. The minimum atomic E-state index is -0.653. The van der Waals surface area contributed by atoms with Crippen LogP contribution >= 0.6 is 0 Å². The number of nitrogens with zero attached hydrogens (tertiary/aromatic N) is 4. The lowest BCUT2D eigenvalue weighted by Crippen LogP contribution is -2.30. The predicted octanol–water partition coefficient (Wildman–Crippen LogP) is 4.24. The molecule has 0 spiro atoms. The molecular weight excluding hydrogens is 224 g/mol. The maximum atomic E-state index is 9.35. The number of rotatable bonds is 2. The van der Waals surface area contributed by atoms with Crippen molar-refractivity contribution in [2.45, 2.75) is 75.4 Å². The summed E-state index contributed by atoms with van der Waals surface area (Å²) < 4.78 is 0. The van der Waals surface area contributed by atoms with Crippen LogP contribution in [0.15, 0.2) is 10.2 Å². The summed E-state index contributed by atoms with van der Waals surface area (Å²) in [6, 6.07) is 2.34. The van der Waals surface area contributed by atoms with E-state index in [4.69, 9.17) is 6.57 Å². The lowest BCUT2D eigenvalue weighted by Gasteiger charge is -2.27. The Bertz CT molecular complexity index is 349. The SMILES string of the molecule is [C-]#[N+]C1(/N=N/C2(C#N)CCCCC2)CCCCC1. The summed E-state index contributed by atoms with van der Waals surface area (Å²) in [5.41, 5.74) is -1.28. The van der Waals surface area contributed by atoms with Crippen LogP contribution < -0.4 is 0 Å². The molecule has 4 heteroatoms. The average Bonchev–Trinajstić information content (AvgIpc) is 2.47. The Morgan fingerprint density at radius 1 is 0.889 bits per heavy atom. The molecule has 4 nitrogen and oxygen atoms in total. The van der Waals surface area contributed by atoms with Crippen molar-refractivity contribution in [3.63, 3.8) is 0 Å². The molecule has 2 aliphatic carbocycles. The summed E-state index contributed by atoms with van der Waals surface area (Å²) in [5.74, 6) is 0. The third-order valence-corrected chi connectivity index (χ3v) is 4.18. The predicted molar refractivity (Wildman–Crippen MR) is 68.7 cm³/mol. The van der Waals surface area contributed by atoms with Crippen molar-refractivity contribution in [3.8, 4) is 6.07 Å². The molecule has 96 valence electrons. The molecule has 0 amide bonds. The maximum Gasteiger partial charge on any atom is 0.340 e. The van der Waals surface area contributed by atoms with Gasteiger partial charge in [-0.25, -0.2) is 6.57 Å². The van der Waals surface area contributed by atoms with Crippen molar-refractivity contribution < 1.29 is 0 Å². The van der Waals surface area contributed by atoms with Crippen LogP contribution in [0.4, 0.5) is 0 Å². The van der Waals surface area contributed by atoms with E-state index in [0.717, 1.165) is 51.4 Å². The molecule has 0 heterocycles. The van der Waals surface area contributed by atoms with Gasteiger partial charge in [0.15, 0.2) is 5.54 Å². The summed E-state index contributed by atoms with van der Waals surface area (Å²) in [7, 11) is 0. The fraction of sp³-hybridized carbons (Fsp3) is 0.857. The van der Waals surface area contributed by atoms with Gasteiger partial charge in [-0.05, 0) is 38.5 Å². The van der Waals surface area contributed by atoms with Gasteiger partial charge in [-0.3, -0.25) is 4.85 Å². The first-order chi connectivity index (χ1) is 8.74. The zero-order chi connectivity index (χ0) is 12.9. The van der Waals surface area contributed by atoms with Crippen LogP contribution in [0, 0.1) is 17.9 Å². The lowest BCUT2D eigenvalue weighted by atomic mass is 9.84. The van der Waals surface area contributed by atoms with Crippen LogP contribution in [-0.4, -0.2) is 11.2 Å². The fourth-order valence-corrected chi connectivity index (χ4v) is 2.91. The number of azo groups is 1. The van der Waals surface area contributed by atoms with Gasteiger partial charge in [-0.2, -0.15) is 10.4 Å². The molecule has 2 aliphatic rings. The Morgan fingerprint density at radius 2 is 1.44 bits per heavy atom. The highest BCUT2D eigenvalue weighted by molar-refractivity contribution is 5.09. The summed E-state index contributed by atoms with van der Waals surface area (Å²) in [4.78, 5) is 3.71. The third-order valence-electron chi connectivity index (χ3n) is 4.18. The van der Waals surface area contributed by atoms with Crippen molar-refractivity contribution in [2.24, 2.45) is 10.2 Å². The van der Waals surface area contributed by atoms with E-state index >= 15 is 0 Å². The highest BCUT2D eigenvalue weighted by Gasteiger charge is 2.40. The van der Waals surface area contributed by atoms with E-state index in [1.165, 1.54) is 12.8 Å². The van der Waals surface area contributed by atoms with Gasteiger partial charge in [0, 0.05) is 12.8 Å². The smallest absolute Gasteiger partial charge is 0.283 e. The van der Waals surface area contributed by atoms with E-state index in [-0.39, 0.29) is 0 Å². The van der Waals surface area contributed by atoms with Gasteiger partial charge in [-0.15, -0.1) is 5.11 Å². The maximum absolute atomic E-state index is 9.35. The molecule has 2 rings (SSSR count). The molecule has 0 unspecified atom stereocenters. The Kier molecular flexibility index (Phi) is 3.97. The molecule has 2 saturated carbocycles. The van der Waals surface area contributed by atoms with Crippen LogP contribution in [0.25, 0.3) is 4.85 Å². The number of nitriles is 1. The van der Waals surface area contributed by atoms with Gasteiger partial charge in [0.1, 0.15) is 0 Å². The van der Waals surface area contributed by atoms with E-state index < -0.39 is 11.2 Å². The third kappa shape index (κ3) is 2.70. The Labute approximate surface area is 109 Å². The van der Waals surface area contributed by atoms with Gasteiger partial charge in [0.2, 0.25) is 0 Å². The van der Waals surface area contributed by atoms with Crippen molar-refractivity contribution in [2.75, 3.05) is 0 Å². The first-order valence-corrected chi connectivity index (χ1v) is 6.98. The Morgan fingerprint density at radius 3 is 1.94 bits per heavy atom. The molecule has 0 radical (unpaired) electrons. The molecule has 0 atom stereocenters. The van der Waals surface area contributed by atoms with Gasteiger partial charge >= 0.3 is 5.66 Å². The molecule has 0 saturated heterocycles. The topological polar surface area (TPSA) is 52.9 Å². The zero-order valence-electron chi connectivity index (χ0n) is 10.9. The summed E-state index contributed by atoms with van der Waals surface area (Å²) in [6.45, 7) is 7.37. The molecular formula is C14H20N4. The second-order valence-electron chi connectivity index (χ2n) is 5.56. The molecule has 0 N–H and O–H groups in total. The van der Waals surface area contributed by atoms with Gasteiger partial charge in [-0.1, -0.05) is 12.8 Å². The van der Waals surface area contributed by atoms with Crippen LogP contribution in [0.1, 0.15) is 64.2 Å². The van der Waals surface area contributed by atoms with E-state index in [1.54, 1.807) is 0 Å². The van der Waals surface area contributed by atoms with Crippen molar-refractivity contribution in [3.05, 3.63) is 11.4 Å². The standard InChI is InChI=1S/C14H20N4/c1-16-14(10-6-3-7-11-14)18-17-13(12-15)8-4-2-5-9-13/h2-11H2/b18-17+. The van der Waals surface area contributed by atoms with Gasteiger partial charge in [0.05, 0.1) is 6.07 Å². The normalized spacial score (nSPS) is 26.3. The largest absolute Gasteiger partial charge is 0.340 e. The van der Waals surface area contributed by atoms with Crippen LogP contribution in [0.5, 0.6) is 0 Å². The zero-order valence-corrected chi connectivity index (χ0v) is 10.9. The fourth-order valence-electron chi connectivity index (χ4n) is 2.91. The molecule has 0 aromatic carbocycles. The van der Waals surface area contributed by atoms with E-state index in [0.29, 0.717) is 0 Å². The van der Waals surface area contributed by atoms with Gasteiger partial charge < -0.3 is 0 Å². The van der Waals surface area contributed by atoms with E-state index in [1.807, 2.05) is 0 Å². The molecule has 0 aliphatic heterocycles. The van der Waals surface area contributed by atoms with Crippen LogP contribution in [0.3, 0.4) is 0 Å². The first-order valence-electron chi connectivity index (χ1n) is 6.98. The highest BCUT2D eigenvalue weighted by Crippen LogP contribution is 2.37. The average molecular weight is 244 g/mol. The van der Waals surface area contributed by atoms with Crippen molar-refractivity contribution in [1.29, 1.82) is 5.26 Å². The van der Waals surface area contributed by atoms with Crippen LogP contribution in [-0.2, 0) is 0 Å². The van der Waals surface area contributed by atoms with Crippen LogP contribution in [0.2, 0.25) is 0 Å². The molecule has 0 bridgehead atoms. The Hall–Kier alpha value is -1.42. The lowest BCUT2D eigenvalue weighted by molar-refractivity contribution is 0.304. The molecule has 0 aromatic rings. The second-order valence-corrected chi connectivity index (χ2v) is 5.56. The summed E-state index contributed by atoms with van der Waals surface area (Å²) >= 11 is 0. The van der Waals surface area contributed by atoms with Crippen molar-refractivity contribution in [1.82, 2.24) is 0 Å². The second kappa shape index (κ2) is 5.48. The monoisotopic (exact) mass is 244 g/mol. The molecule has 18 heavy (non-hydrogen) atoms. The summed E-state index contributed by atoms with van der Waals surface area (Å²) in [6.07, 6.45) is 9.82. The van der Waals surface area contributed by atoms with E-state index in [2.05, 4.69) is 21.1 Å². The minimum absolute atomic E-state index is 0.632. The molecule has 0 aromatic heterocycles. The Balaban J connectivity index is 2.12. The number of hydrogen-bond donors (Lipinski definition) is 0. The van der Waals surface area contributed by atoms with Gasteiger partial charge in [0.25, 0.3) is 0 Å². The summed E-state index contributed by atoms with van der Waals surface area (Å²) in [5, 5.41) is 18.0. The molecule has 2 fully saturated rings. The van der Waals surface area contributed by atoms with Crippen molar-refractivity contribution >= 4 is 0 Å².